The number of hydrogen-bond donors (Lipinski definition) is 1. The maximum Gasteiger partial charge on any atom is 0.272 e. The molecule has 2 aromatic rings. The lowest BCUT2D eigenvalue weighted by Crippen LogP contribution is -2.42. The van der Waals surface area contributed by atoms with E-state index < -0.39 is 10.0 Å². The Labute approximate surface area is 168 Å². The predicted molar refractivity (Wildman–Crippen MR) is 106 cm³/mol. The molecular weight excluding hydrogens is 394 g/mol. The Morgan fingerprint density at radius 2 is 2.17 bits per heavy atom. The number of aromatic nitrogens is 2. The van der Waals surface area contributed by atoms with Gasteiger partial charge in [0.2, 0.25) is 0 Å². The van der Waals surface area contributed by atoms with Crippen molar-refractivity contribution in [2.75, 3.05) is 19.7 Å². The van der Waals surface area contributed by atoms with Crippen LogP contribution in [-0.2, 0) is 15.8 Å². The number of nitrogens with zero attached hydrogens (tertiary/aromatic N) is 4. The largest absolute Gasteiger partial charge is 0.492 e. The van der Waals surface area contributed by atoms with Crippen molar-refractivity contribution in [2.45, 2.75) is 18.6 Å². The summed E-state index contributed by atoms with van der Waals surface area (Å²) in [6.45, 7) is 1.64. The summed E-state index contributed by atoms with van der Waals surface area (Å²) >= 11 is 0. The van der Waals surface area contributed by atoms with Crippen LogP contribution in [0.25, 0.3) is 0 Å². The molecule has 1 saturated heterocycles. The average molecular weight is 415 g/mol. The van der Waals surface area contributed by atoms with Crippen LogP contribution in [0.15, 0.2) is 41.2 Å². The van der Waals surface area contributed by atoms with Crippen LogP contribution in [0.2, 0.25) is 0 Å². The highest BCUT2D eigenvalue weighted by Crippen LogP contribution is 2.29. The third-order valence-corrected chi connectivity index (χ3v) is 6.18. The predicted octanol–water partition coefficient (Wildman–Crippen LogP) is 0.956. The molecule has 10 heteroatoms. The molecule has 0 saturated carbocycles. The van der Waals surface area contributed by atoms with E-state index in [4.69, 9.17) is 10.5 Å². The molecule has 1 atom stereocenters. The molecule has 9 nitrogen and oxygen atoms in total. The molecule has 0 aliphatic carbocycles. The zero-order chi connectivity index (χ0) is 20.4. The quantitative estimate of drug-likeness (QED) is 0.787. The van der Waals surface area contributed by atoms with Gasteiger partial charge in [-0.15, -0.1) is 4.40 Å². The molecule has 2 aliphatic heterocycles. The van der Waals surface area contributed by atoms with Crippen LogP contribution >= 0.6 is 0 Å². The second-order valence-electron chi connectivity index (χ2n) is 7.16. The second kappa shape index (κ2) is 7.78. The van der Waals surface area contributed by atoms with Crippen molar-refractivity contribution in [1.82, 2.24) is 14.9 Å². The molecule has 152 valence electrons. The molecule has 1 fully saturated rings. The highest BCUT2D eigenvalue weighted by Gasteiger charge is 2.28. The van der Waals surface area contributed by atoms with Crippen molar-refractivity contribution >= 4 is 21.8 Å². The number of benzene rings is 1. The smallest absolute Gasteiger partial charge is 0.272 e. The van der Waals surface area contributed by atoms with Gasteiger partial charge in [-0.1, -0.05) is 12.1 Å². The fourth-order valence-electron chi connectivity index (χ4n) is 3.70. The average Bonchev–Trinajstić information content (AvgIpc) is 2.71. The van der Waals surface area contributed by atoms with Gasteiger partial charge in [-0.2, -0.15) is 0 Å². The first-order valence-electron chi connectivity index (χ1n) is 9.31. The molecule has 3 heterocycles. The van der Waals surface area contributed by atoms with E-state index >= 15 is 0 Å². The Bertz CT molecular complexity index is 1060. The highest BCUT2D eigenvalue weighted by molar-refractivity contribution is 7.89. The van der Waals surface area contributed by atoms with E-state index in [1.54, 1.807) is 35.4 Å². The van der Waals surface area contributed by atoms with Gasteiger partial charge >= 0.3 is 0 Å². The highest BCUT2D eigenvalue weighted by atomic mass is 32.2. The van der Waals surface area contributed by atoms with E-state index in [0.29, 0.717) is 42.3 Å². The van der Waals surface area contributed by atoms with Crippen molar-refractivity contribution in [1.29, 1.82) is 0 Å². The van der Waals surface area contributed by atoms with Crippen molar-refractivity contribution in [3.05, 3.63) is 53.6 Å². The Kier molecular flexibility index (Phi) is 5.18. The molecule has 0 bridgehead atoms. The van der Waals surface area contributed by atoms with Crippen LogP contribution in [0.4, 0.5) is 0 Å². The Balaban J connectivity index is 1.44. The normalized spacial score (nSPS) is 20.5. The number of likely N-dealkylation sites (tertiary alicyclic amines) is 1. The lowest BCUT2D eigenvalue weighted by molar-refractivity contribution is 0.0627. The second-order valence-corrected chi connectivity index (χ2v) is 8.79. The van der Waals surface area contributed by atoms with Gasteiger partial charge < -0.3 is 15.4 Å². The fraction of sp³-hybridized carbons (Fsp3) is 0.368. The minimum absolute atomic E-state index is 0.0499. The third-order valence-electron chi connectivity index (χ3n) is 5.03. The maximum absolute atomic E-state index is 12.6. The number of ether oxygens (including phenoxy) is 1. The number of hydrogen-bond acceptors (Lipinski definition) is 7. The van der Waals surface area contributed by atoms with Crippen LogP contribution in [0.3, 0.4) is 0 Å². The topological polar surface area (TPSA) is 128 Å². The maximum atomic E-state index is 12.6. The molecule has 4 rings (SSSR count). The van der Waals surface area contributed by atoms with Gasteiger partial charge in [0.25, 0.3) is 15.9 Å². The molecule has 0 radical (unpaired) electrons. The standard InChI is InChI=1S/C19H21N5O4S/c20-18-17-14(11-29(26,27)23-18)4-1-5-16(17)28-10-13-3-2-8-24(9-13)19(25)15-6-7-21-12-22-15/h1,4-7,12-13H,2-3,8-11H2,(H2,20,23)/t13-/m0/s1. The molecule has 1 aromatic carbocycles. The van der Waals surface area contributed by atoms with Crippen molar-refractivity contribution in [2.24, 2.45) is 16.0 Å². The van der Waals surface area contributed by atoms with Gasteiger partial charge in [0.15, 0.2) is 0 Å². The van der Waals surface area contributed by atoms with E-state index in [9.17, 15) is 13.2 Å². The summed E-state index contributed by atoms with van der Waals surface area (Å²) in [5, 5.41) is 0. The zero-order valence-corrected chi connectivity index (χ0v) is 16.5. The van der Waals surface area contributed by atoms with Gasteiger partial charge in [0.05, 0.1) is 17.9 Å². The molecule has 2 N–H and O–H groups in total. The minimum atomic E-state index is -3.59. The van der Waals surface area contributed by atoms with Crippen LogP contribution in [0, 0.1) is 5.92 Å². The Morgan fingerprint density at radius 1 is 1.31 bits per heavy atom. The summed E-state index contributed by atoms with van der Waals surface area (Å²) in [6, 6.07) is 6.82. The summed E-state index contributed by atoms with van der Waals surface area (Å²) < 4.78 is 33.2. The number of amidine groups is 1. The van der Waals surface area contributed by atoms with Crippen molar-refractivity contribution < 1.29 is 17.9 Å². The molecule has 1 aromatic heterocycles. The first-order valence-corrected chi connectivity index (χ1v) is 10.9. The molecule has 0 unspecified atom stereocenters. The lowest BCUT2D eigenvalue weighted by atomic mass is 9.98. The number of piperidine rings is 1. The fourth-order valence-corrected chi connectivity index (χ4v) is 4.79. The summed E-state index contributed by atoms with van der Waals surface area (Å²) in [4.78, 5) is 22.3. The van der Waals surface area contributed by atoms with Gasteiger partial charge in [-0.3, -0.25) is 4.79 Å². The van der Waals surface area contributed by atoms with Crippen LogP contribution in [0.5, 0.6) is 5.75 Å². The number of amides is 1. The summed E-state index contributed by atoms with van der Waals surface area (Å²) in [6.07, 6.45) is 4.72. The van der Waals surface area contributed by atoms with Crippen molar-refractivity contribution in [3.63, 3.8) is 0 Å². The number of sulfonamides is 1. The zero-order valence-electron chi connectivity index (χ0n) is 15.7. The Morgan fingerprint density at radius 3 is 2.97 bits per heavy atom. The molecule has 2 aliphatic rings. The molecule has 0 spiro atoms. The molecule has 1 amide bonds. The minimum Gasteiger partial charge on any atom is -0.492 e. The number of fused-ring (bicyclic) bond motifs is 1. The van der Waals surface area contributed by atoms with Crippen LogP contribution < -0.4 is 10.5 Å². The van der Waals surface area contributed by atoms with Gasteiger partial charge in [0, 0.05) is 25.2 Å². The number of carbonyl (C=O) groups is 1. The molecular formula is C19H21N5O4S. The number of nitrogens with two attached hydrogens (primary N) is 1. The number of carbonyl (C=O) groups excluding carboxylic acids is 1. The first-order chi connectivity index (χ1) is 13.9. The third kappa shape index (κ3) is 4.21. The van der Waals surface area contributed by atoms with E-state index in [2.05, 4.69) is 14.4 Å². The van der Waals surface area contributed by atoms with E-state index in [1.807, 2.05) is 0 Å². The van der Waals surface area contributed by atoms with E-state index in [0.717, 1.165) is 12.8 Å². The van der Waals surface area contributed by atoms with Crippen LogP contribution in [0.1, 0.15) is 34.5 Å². The van der Waals surface area contributed by atoms with Gasteiger partial charge in [-0.05, 0) is 30.5 Å². The SMILES string of the molecule is NC1=NS(=O)(=O)Cc2cccc(OC[C@H]3CCCN(C(=O)c4ccncn4)C3)c21. The number of rotatable bonds is 4. The van der Waals surface area contributed by atoms with Crippen molar-refractivity contribution in [3.8, 4) is 5.75 Å². The van der Waals surface area contributed by atoms with Crippen LogP contribution in [-0.4, -0.2) is 54.7 Å². The Hall–Kier alpha value is -3.01. The van der Waals surface area contributed by atoms with E-state index in [-0.39, 0.29) is 23.4 Å². The monoisotopic (exact) mass is 415 g/mol. The lowest BCUT2D eigenvalue weighted by Gasteiger charge is -2.32. The summed E-state index contributed by atoms with van der Waals surface area (Å²) in [5.41, 5.74) is 7.38. The summed E-state index contributed by atoms with van der Waals surface area (Å²) in [7, 11) is -3.59. The van der Waals surface area contributed by atoms with Gasteiger partial charge in [0.1, 0.15) is 23.6 Å². The summed E-state index contributed by atoms with van der Waals surface area (Å²) in [5.74, 6) is 0.306. The van der Waals surface area contributed by atoms with E-state index in [1.165, 1.54) is 6.33 Å². The van der Waals surface area contributed by atoms with Gasteiger partial charge in [-0.25, -0.2) is 18.4 Å². The molecule has 29 heavy (non-hydrogen) atoms. The first kappa shape index (κ1) is 19.3.